The number of nitrogens with one attached hydrogen (secondary N) is 1. The van der Waals surface area contributed by atoms with Gasteiger partial charge in [-0.05, 0) is 42.9 Å². The summed E-state index contributed by atoms with van der Waals surface area (Å²) in [5, 5.41) is 7.88. The molecular formula is C15H17FN4O2S. The fourth-order valence-electron chi connectivity index (χ4n) is 3.08. The molecule has 0 amide bonds. The number of hydrogen-bond acceptors (Lipinski definition) is 4. The molecule has 23 heavy (non-hydrogen) atoms. The van der Waals surface area contributed by atoms with E-state index in [9.17, 15) is 12.8 Å². The van der Waals surface area contributed by atoms with Crippen molar-refractivity contribution in [2.75, 3.05) is 0 Å². The molecule has 0 unspecified atom stereocenters. The molecule has 1 N–H and O–H groups in total. The highest BCUT2D eigenvalue weighted by molar-refractivity contribution is 7.90. The van der Waals surface area contributed by atoms with E-state index in [2.05, 4.69) is 15.0 Å². The first-order chi connectivity index (χ1) is 11.0. The van der Waals surface area contributed by atoms with Crippen LogP contribution in [0.2, 0.25) is 0 Å². The van der Waals surface area contributed by atoms with E-state index in [1.165, 1.54) is 6.07 Å². The lowest BCUT2D eigenvalue weighted by atomic mass is 10.1. The quantitative estimate of drug-likeness (QED) is 0.898. The van der Waals surface area contributed by atoms with E-state index < -0.39 is 10.0 Å². The molecule has 122 valence electrons. The van der Waals surface area contributed by atoms with Crippen molar-refractivity contribution >= 4 is 10.0 Å². The number of halogens is 1. The van der Waals surface area contributed by atoms with Crippen molar-refractivity contribution < 1.29 is 12.8 Å². The molecule has 0 radical (unpaired) electrons. The number of nitrogens with zero attached hydrogens (tertiary/aromatic N) is 3. The Balaban J connectivity index is 1.50. The third-order valence-electron chi connectivity index (χ3n) is 4.48. The number of fused-ring (bicyclic) bond motifs is 1. The molecule has 1 aromatic heterocycles. The smallest absolute Gasteiger partial charge is 0.214 e. The van der Waals surface area contributed by atoms with Gasteiger partial charge in [0.25, 0.3) is 0 Å². The van der Waals surface area contributed by atoms with Crippen LogP contribution in [-0.4, -0.2) is 28.7 Å². The van der Waals surface area contributed by atoms with Gasteiger partial charge in [0.15, 0.2) is 0 Å². The van der Waals surface area contributed by atoms with E-state index in [0.717, 1.165) is 30.4 Å². The summed E-state index contributed by atoms with van der Waals surface area (Å²) in [6.07, 6.45) is 4.64. The van der Waals surface area contributed by atoms with Crippen molar-refractivity contribution in [1.82, 2.24) is 19.7 Å². The lowest BCUT2D eigenvalue weighted by Gasteiger charge is -2.11. The lowest BCUT2D eigenvalue weighted by molar-refractivity contribution is 0.504. The standard InChI is InChI=1S/C15H17FN4O2S/c16-14-3-1-2-13-12(14)6-7-15(13)20-9-10(18-19-20)8-17-23(21,22)11-4-5-11/h1-3,9,11,15,17H,4-8H2/t15-/m1/s1. The van der Waals surface area contributed by atoms with Gasteiger partial charge in [0.05, 0.1) is 29.7 Å². The molecule has 2 aliphatic rings. The van der Waals surface area contributed by atoms with Crippen LogP contribution in [-0.2, 0) is 23.0 Å². The van der Waals surface area contributed by atoms with Gasteiger partial charge in [-0.3, -0.25) is 0 Å². The Morgan fingerprint density at radius 2 is 2.13 bits per heavy atom. The first-order valence-electron chi connectivity index (χ1n) is 7.71. The zero-order valence-corrected chi connectivity index (χ0v) is 13.3. The third-order valence-corrected chi connectivity index (χ3v) is 6.37. The fraction of sp³-hybridized carbons (Fsp3) is 0.467. The average Bonchev–Trinajstić information content (AvgIpc) is 3.14. The van der Waals surface area contributed by atoms with Crippen molar-refractivity contribution in [2.24, 2.45) is 0 Å². The summed E-state index contributed by atoms with van der Waals surface area (Å²) in [5.41, 5.74) is 2.24. The molecule has 2 aliphatic carbocycles. The van der Waals surface area contributed by atoms with E-state index in [1.54, 1.807) is 16.9 Å². The third kappa shape index (κ3) is 2.76. The molecule has 1 saturated carbocycles. The summed E-state index contributed by atoms with van der Waals surface area (Å²) in [6.45, 7) is 0.140. The highest BCUT2D eigenvalue weighted by atomic mass is 32.2. The molecule has 0 aliphatic heterocycles. The minimum atomic E-state index is -3.23. The van der Waals surface area contributed by atoms with E-state index >= 15 is 0 Å². The molecule has 1 fully saturated rings. The average molecular weight is 336 g/mol. The van der Waals surface area contributed by atoms with E-state index in [-0.39, 0.29) is 23.7 Å². The zero-order valence-electron chi connectivity index (χ0n) is 12.4. The predicted octanol–water partition coefficient (Wildman–Crippen LogP) is 1.53. The van der Waals surface area contributed by atoms with Gasteiger partial charge in [0.1, 0.15) is 5.82 Å². The molecule has 1 heterocycles. The van der Waals surface area contributed by atoms with Gasteiger partial charge in [-0.25, -0.2) is 22.2 Å². The number of rotatable bonds is 5. The van der Waals surface area contributed by atoms with Crippen molar-refractivity contribution in [3.63, 3.8) is 0 Å². The van der Waals surface area contributed by atoms with Gasteiger partial charge >= 0.3 is 0 Å². The number of hydrogen-bond donors (Lipinski definition) is 1. The number of benzene rings is 1. The Morgan fingerprint density at radius 1 is 1.30 bits per heavy atom. The molecule has 6 nitrogen and oxygen atoms in total. The molecule has 1 aromatic carbocycles. The van der Waals surface area contributed by atoms with Gasteiger partial charge in [-0.2, -0.15) is 0 Å². The maximum absolute atomic E-state index is 13.8. The summed E-state index contributed by atoms with van der Waals surface area (Å²) in [6, 6.07) is 5.05. The van der Waals surface area contributed by atoms with Crippen LogP contribution in [0.3, 0.4) is 0 Å². The van der Waals surface area contributed by atoms with Crippen molar-refractivity contribution in [3.8, 4) is 0 Å². The Labute approximate surface area is 133 Å². The highest BCUT2D eigenvalue weighted by Crippen LogP contribution is 2.35. The molecule has 4 rings (SSSR count). The molecular weight excluding hydrogens is 319 g/mol. The van der Waals surface area contributed by atoms with E-state index in [4.69, 9.17) is 0 Å². The van der Waals surface area contributed by atoms with Crippen LogP contribution < -0.4 is 4.72 Å². The Bertz CT molecular complexity index is 845. The molecule has 0 saturated heterocycles. The lowest BCUT2D eigenvalue weighted by Crippen LogP contribution is -2.26. The van der Waals surface area contributed by atoms with Crippen LogP contribution in [0.5, 0.6) is 0 Å². The minimum Gasteiger partial charge on any atom is -0.245 e. The predicted molar refractivity (Wildman–Crippen MR) is 81.7 cm³/mol. The molecule has 0 spiro atoms. The number of aromatic nitrogens is 3. The van der Waals surface area contributed by atoms with E-state index in [1.807, 2.05) is 6.07 Å². The first kappa shape index (κ1) is 14.8. The van der Waals surface area contributed by atoms with Crippen molar-refractivity contribution in [3.05, 3.63) is 47.0 Å². The summed E-state index contributed by atoms with van der Waals surface area (Å²) in [4.78, 5) is 0. The molecule has 8 heteroatoms. The summed E-state index contributed by atoms with van der Waals surface area (Å²) in [5.74, 6) is -0.178. The van der Waals surface area contributed by atoms with Gasteiger partial charge in [-0.15, -0.1) is 5.10 Å². The minimum absolute atomic E-state index is 0.0398. The van der Waals surface area contributed by atoms with Crippen molar-refractivity contribution in [2.45, 2.75) is 43.5 Å². The Kier molecular flexibility index (Phi) is 3.46. The molecule has 0 bridgehead atoms. The monoisotopic (exact) mass is 336 g/mol. The summed E-state index contributed by atoms with van der Waals surface area (Å²) < 4.78 is 41.7. The van der Waals surface area contributed by atoms with Crippen LogP contribution in [0.25, 0.3) is 0 Å². The van der Waals surface area contributed by atoms with Gasteiger partial charge < -0.3 is 0 Å². The van der Waals surface area contributed by atoms with Gasteiger partial charge in [0, 0.05) is 0 Å². The highest BCUT2D eigenvalue weighted by Gasteiger charge is 2.35. The van der Waals surface area contributed by atoms with Crippen LogP contribution in [0.1, 0.15) is 42.1 Å². The van der Waals surface area contributed by atoms with Crippen molar-refractivity contribution in [1.29, 1.82) is 0 Å². The summed E-state index contributed by atoms with van der Waals surface area (Å²) >= 11 is 0. The fourth-order valence-corrected chi connectivity index (χ4v) is 4.42. The normalized spacial score (nSPS) is 20.7. The van der Waals surface area contributed by atoms with Crippen LogP contribution >= 0.6 is 0 Å². The second-order valence-electron chi connectivity index (χ2n) is 6.12. The molecule has 2 aromatic rings. The summed E-state index contributed by atoms with van der Waals surface area (Å²) in [7, 11) is -3.23. The Hall–Kier alpha value is -1.80. The second kappa shape index (κ2) is 5.38. The number of sulfonamides is 1. The first-order valence-corrected chi connectivity index (χ1v) is 9.26. The van der Waals surface area contributed by atoms with Crippen LogP contribution in [0.4, 0.5) is 4.39 Å². The second-order valence-corrected chi connectivity index (χ2v) is 8.16. The van der Waals surface area contributed by atoms with E-state index in [0.29, 0.717) is 12.1 Å². The topological polar surface area (TPSA) is 76.9 Å². The van der Waals surface area contributed by atoms with Crippen LogP contribution in [0.15, 0.2) is 24.4 Å². The Morgan fingerprint density at radius 3 is 2.91 bits per heavy atom. The largest absolute Gasteiger partial charge is 0.245 e. The van der Waals surface area contributed by atoms with Gasteiger partial charge in [0.2, 0.25) is 10.0 Å². The van der Waals surface area contributed by atoms with Crippen LogP contribution in [0, 0.1) is 5.82 Å². The zero-order chi connectivity index (χ0) is 16.0. The van der Waals surface area contributed by atoms with Gasteiger partial charge in [-0.1, -0.05) is 17.3 Å². The maximum atomic E-state index is 13.8. The maximum Gasteiger partial charge on any atom is 0.214 e. The SMILES string of the molecule is O=S(=O)(NCc1cn([C@@H]2CCc3c(F)cccc32)nn1)C1CC1. The molecule has 1 atom stereocenters.